The van der Waals surface area contributed by atoms with E-state index in [-0.39, 0.29) is 5.91 Å². The summed E-state index contributed by atoms with van der Waals surface area (Å²) in [6.45, 7) is 1.88. The summed E-state index contributed by atoms with van der Waals surface area (Å²) < 4.78 is 5.74. The van der Waals surface area contributed by atoms with Crippen LogP contribution in [0.1, 0.15) is 16.1 Å². The van der Waals surface area contributed by atoms with E-state index in [1.807, 2.05) is 49.4 Å². The van der Waals surface area contributed by atoms with Crippen LogP contribution in [0.25, 0.3) is 27.7 Å². The van der Waals surface area contributed by atoms with Gasteiger partial charge in [0.05, 0.1) is 5.69 Å². The van der Waals surface area contributed by atoms with Crippen LogP contribution in [0.5, 0.6) is 0 Å². The molecule has 0 atom stereocenters. The van der Waals surface area contributed by atoms with Gasteiger partial charge in [0.2, 0.25) is 0 Å². The summed E-state index contributed by atoms with van der Waals surface area (Å²) in [6.07, 6.45) is 0. The lowest BCUT2D eigenvalue weighted by molar-refractivity contribution is 0.0998. The molecule has 142 valence electrons. The molecule has 0 radical (unpaired) electrons. The normalized spacial score (nSPS) is 11.2. The number of fused-ring (bicyclic) bond motifs is 2. The van der Waals surface area contributed by atoms with Crippen molar-refractivity contribution in [1.29, 1.82) is 0 Å². The Hall–Kier alpha value is -3.64. The van der Waals surface area contributed by atoms with Crippen LogP contribution in [0.2, 0.25) is 5.02 Å². The second kappa shape index (κ2) is 6.76. The van der Waals surface area contributed by atoms with Crippen LogP contribution >= 0.6 is 11.6 Å². The lowest BCUT2D eigenvalue weighted by atomic mass is 10.1. The number of carbonyl (C=O) groups excluding carboxylic acids is 1. The topological polar surface area (TPSA) is 73.0 Å². The third kappa shape index (κ3) is 3.13. The van der Waals surface area contributed by atoms with Crippen molar-refractivity contribution in [1.82, 2.24) is 15.0 Å². The molecule has 0 unspecified atom stereocenters. The number of rotatable bonds is 3. The quantitative estimate of drug-likeness (QED) is 0.439. The van der Waals surface area contributed by atoms with Crippen molar-refractivity contribution in [3.63, 3.8) is 0 Å². The first-order valence-electron chi connectivity index (χ1n) is 9.01. The van der Waals surface area contributed by atoms with E-state index in [0.717, 1.165) is 22.2 Å². The Balaban J connectivity index is 1.45. The molecule has 0 saturated carbocycles. The Morgan fingerprint density at radius 1 is 1.00 bits per heavy atom. The second-order valence-electron chi connectivity index (χ2n) is 6.68. The Bertz CT molecular complexity index is 1370. The molecule has 5 rings (SSSR count). The maximum Gasteiger partial charge on any atom is 0.291 e. The molecule has 1 amide bonds. The number of hydrogen-bond donors (Lipinski definition) is 1. The van der Waals surface area contributed by atoms with Crippen LogP contribution in [0, 0.1) is 6.92 Å². The van der Waals surface area contributed by atoms with Crippen molar-refractivity contribution in [2.75, 3.05) is 5.32 Å². The summed E-state index contributed by atoms with van der Waals surface area (Å²) in [5, 5.41) is 13.4. The molecule has 6 nitrogen and oxygen atoms in total. The predicted octanol–water partition coefficient (Wildman–Crippen LogP) is 5.38. The maximum absolute atomic E-state index is 12.7. The molecule has 0 aliphatic carbocycles. The van der Waals surface area contributed by atoms with Gasteiger partial charge < -0.3 is 9.73 Å². The average molecular weight is 403 g/mol. The fourth-order valence-electron chi connectivity index (χ4n) is 3.26. The van der Waals surface area contributed by atoms with E-state index in [0.29, 0.717) is 27.6 Å². The van der Waals surface area contributed by atoms with E-state index in [1.54, 1.807) is 24.3 Å². The van der Waals surface area contributed by atoms with Gasteiger partial charge in [-0.25, -0.2) is 0 Å². The van der Waals surface area contributed by atoms with Gasteiger partial charge in [0.25, 0.3) is 5.91 Å². The smallest absolute Gasteiger partial charge is 0.291 e. The predicted molar refractivity (Wildman–Crippen MR) is 113 cm³/mol. The monoisotopic (exact) mass is 402 g/mol. The minimum atomic E-state index is -0.303. The Morgan fingerprint density at radius 3 is 2.55 bits per heavy atom. The van der Waals surface area contributed by atoms with Crippen LogP contribution in [0.4, 0.5) is 5.69 Å². The maximum atomic E-state index is 12.7. The standard InChI is InChI=1S/C22H15ClN4O2/c1-13-17-4-2-3-5-20(17)29-21(13)22(28)24-15-8-11-18-19(12-15)26-27(25-18)16-9-6-14(23)7-10-16/h2-12H,1H3,(H,24,28). The number of nitrogens with one attached hydrogen (secondary N) is 1. The number of anilines is 1. The van der Waals surface area contributed by atoms with Crippen molar-refractivity contribution in [3.8, 4) is 5.69 Å². The number of aryl methyl sites for hydroxylation is 1. The van der Waals surface area contributed by atoms with Crippen LogP contribution < -0.4 is 5.32 Å². The van der Waals surface area contributed by atoms with Gasteiger partial charge in [-0.15, -0.1) is 10.2 Å². The number of carbonyl (C=O) groups is 1. The number of furan rings is 1. The molecule has 1 N–H and O–H groups in total. The van der Waals surface area contributed by atoms with E-state index in [9.17, 15) is 4.79 Å². The Morgan fingerprint density at radius 2 is 1.76 bits per heavy atom. The minimum absolute atomic E-state index is 0.302. The highest BCUT2D eigenvalue weighted by Crippen LogP contribution is 2.26. The van der Waals surface area contributed by atoms with Gasteiger partial charge in [-0.05, 0) is 55.5 Å². The molecule has 7 heteroatoms. The number of benzene rings is 3. The molecule has 5 aromatic rings. The van der Waals surface area contributed by atoms with Crippen molar-refractivity contribution >= 4 is 45.2 Å². The number of halogens is 1. The number of hydrogen-bond acceptors (Lipinski definition) is 4. The first-order valence-corrected chi connectivity index (χ1v) is 9.39. The van der Waals surface area contributed by atoms with Gasteiger partial charge >= 0.3 is 0 Å². The first kappa shape index (κ1) is 17.5. The van der Waals surface area contributed by atoms with Crippen LogP contribution in [-0.2, 0) is 0 Å². The lowest BCUT2D eigenvalue weighted by Crippen LogP contribution is -2.12. The Labute approximate surface area is 170 Å². The molecular weight excluding hydrogens is 388 g/mol. The number of amides is 1. The van der Waals surface area contributed by atoms with Crippen LogP contribution in [0.3, 0.4) is 0 Å². The summed E-state index contributed by atoms with van der Waals surface area (Å²) >= 11 is 5.94. The molecule has 29 heavy (non-hydrogen) atoms. The van der Waals surface area contributed by atoms with Gasteiger partial charge in [-0.3, -0.25) is 4.79 Å². The third-order valence-corrected chi connectivity index (χ3v) is 5.00. The zero-order chi connectivity index (χ0) is 20.0. The summed E-state index contributed by atoms with van der Waals surface area (Å²) in [7, 11) is 0. The SMILES string of the molecule is Cc1c(C(=O)Nc2ccc3nn(-c4ccc(Cl)cc4)nc3c2)oc2ccccc12. The van der Waals surface area contributed by atoms with E-state index < -0.39 is 0 Å². The van der Waals surface area contributed by atoms with Crippen LogP contribution in [0.15, 0.2) is 71.1 Å². The average Bonchev–Trinajstić information content (AvgIpc) is 3.30. The van der Waals surface area contributed by atoms with E-state index in [4.69, 9.17) is 16.0 Å². The fraction of sp³-hybridized carbons (Fsp3) is 0.0455. The minimum Gasteiger partial charge on any atom is -0.451 e. The molecular formula is C22H15ClN4O2. The molecule has 3 aromatic carbocycles. The molecule has 2 heterocycles. The zero-order valence-corrected chi connectivity index (χ0v) is 16.1. The largest absolute Gasteiger partial charge is 0.451 e. The van der Waals surface area contributed by atoms with Crippen LogP contribution in [-0.4, -0.2) is 20.9 Å². The molecule has 0 fully saturated rings. The van der Waals surface area contributed by atoms with Crippen molar-refractivity contribution < 1.29 is 9.21 Å². The molecule has 0 aliphatic rings. The van der Waals surface area contributed by atoms with Crippen molar-refractivity contribution in [2.45, 2.75) is 6.92 Å². The molecule has 0 spiro atoms. The highest BCUT2D eigenvalue weighted by molar-refractivity contribution is 6.30. The molecule has 0 saturated heterocycles. The fourth-order valence-corrected chi connectivity index (χ4v) is 3.39. The number of nitrogens with zero attached hydrogens (tertiary/aromatic N) is 3. The van der Waals surface area contributed by atoms with Gasteiger partial charge in [-0.2, -0.15) is 4.80 Å². The van der Waals surface area contributed by atoms with Gasteiger partial charge in [0.15, 0.2) is 5.76 Å². The number of aromatic nitrogens is 3. The highest BCUT2D eigenvalue weighted by atomic mass is 35.5. The first-order chi connectivity index (χ1) is 14.1. The van der Waals surface area contributed by atoms with Gasteiger partial charge in [0, 0.05) is 21.7 Å². The summed E-state index contributed by atoms with van der Waals surface area (Å²) in [5.41, 5.74) is 4.31. The Kier molecular flexibility index (Phi) is 4.07. The summed E-state index contributed by atoms with van der Waals surface area (Å²) in [5.74, 6) is -0.000686. The third-order valence-electron chi connectivity index (χ3n) is 4.75. The van der Waals surface area contributed by atoms with Crippen molar-refractivity contribution in [3.05, 3.63) is 83.1 Å². The lowest BCUT2D eigenvalue weighted by Gasteiger charge is -2.03. The van der Waals surface area contributed by atoms with E-state index in [1.165, 1.54) is 4.80 Å². The second-order valence-corrected chi connectivity index (χ2v) is 7.11. The van der Waals surface area contributed by atoms with E-state index in [2.05, 4.69) is 15.5 Å². The summed E-state index contributed by atoms with van der Waals surface area (Å²) in [6, 6.07) is 20.2. The van der Waals surface area contributed by atoms with E-state index >= 15 is 0 Å². The van der Waals surface area contributed by atoms with Gasteiger partial charge in [-0.1, -0.05) is 29.8 Å². The highest BCUT2D eigenvalue weighted by Gasteiger charge is 2.18. The molecule has 0 aliphatic heterocycles. The molecule has 2 aromatic heterocycles. The summed E-state index contributed by atoms with van der Waals surface area (Å²) in [4.78, 5) is 14.3. The van der Waals surface area contributed by atoms with Gasteiger partial charge in [0.1, 0.15) is 16.6 Å². The van der Waals surface area contributed by atoms with Crippen molar-refractivity contribution in [2.24, 2.45) is 0 Å². The zero-order valence-electron chi connectivity index (χ0n) is 15.4. The number of para-hydroxylation sites is 1. The molecule has 0 bridgehead atoms.